The SMILES string of the molecule is O=S(=O)(Nc1ccc2c(c1)oc1ccccc12)c1ccc(Br)s1. The number of furan rings is 1. The van der Waals surface area contributed by atoms with Crippen LogP contribution < -0.4 is 4.72 Å². The lowest BCUT2D eigenvalue weighted by Gasteiger charge is -2.05. The summed E-state index contributed by atoms with van der Waals surface area (Å²) in [6.45, 7) is 0. The Bertz CT molecular complexity index is 1130. The molecule has 0 amide bonds. The fourth-order valence-electron chi connectivity index (χ4n) is 2.44. The van der Waals surface area contributed by atoms with Gasteiger partial charge in [-0.2, -0.15) is 0 Å². The van der Waals surface area contributed by atoms with E-state index in [0.29, 0.717) is 11.3 Å². The van der Waals surface area contributed by atoms with Crippen molar-refractivity contribution in [1.29, 1.82) is 0 Å². The number of rotatable bonds is 3. The van der Waals surface area contributed by atoms with E-state index in [9.17, 15) is 8.42 Å². The van der Waals surface area contributed by atoms with Crippen molar-refractivity contribution in [3.63, 3.8) is 0 Å². The number of para-hydroxylation sites is 1. The van der Waals surface area contributed by atoms with Crippen LogP contribution in [0.2, 0.25) is 0 Å². The molecule has 0 aliphatic rings. The van der Waals surface area contributed by atoms with Crippen LogP contribution in [0, 0.1) is 0 Å². The molecule has 0 unspecified atom stereocenters. The molecule has 4 nitrogen and oxygen atoms in total. The Labute approximate surface area is 144 Å². The summed E-state index contributed by atoms with van der Waals surface area (Å²) in [6, 6.07) is 16.3. The van der Waals surface area contributed by atoms with Gasteiger partial charge < -0.3 is 4.42 Å². The largest absolute Gasteiger partial charge is 0.456 e. The predicted octanol–water partition coefficient (Wildman–Crippen LogP) is 5.21. The Hall–Kier alpha value is -1.83. The van der Waals surface area contributed by atoms with E-state index in [1.165, 1.54) is 0 Å². The van der Waals surface area contributed by atoms with Crippen LogP contribution in [-0.4, -0.2) is 8.42 Å². The normalized spacial score (nSPS) is 12.0. The van der Waals surface area contributed by atoms with Gasteiger partial charge in [-0.15, -0.1) is 11.3 Å². The number of anilines is 1. The molecule has 2 aromatic carbocycles. The van der Waals surface area contributed by atoms with Crippen molar-refractivity contribution in [3.8, 4) is 0 Å². The minimum atomic E-state index is -3.59. The zero-order valence-corrected chi connectivity index (χ0v) is 14.8. The van der Waals surface area contributed by atoms with Gasteiger partial charge in [-0.1, -0.05) is 18.2 Å². The Morgan fingerprint density at radius 2 is 1.74 bits per heavy atom. The highest BCUT2D eigenvalue weighted by atomic mass is 79.9. The van der Waals surface area contributed by atoms with Crippen molar-refractivity contribution < 1.29 is 12.8 Å². The van der Waals surface area contributed by atoms with Crippen LogP contribution in [0.15, 0.2) is 67.0 Å². The number of benzene rings is 2. The van der Waals surface area contributed by atoms with Gasteiger partial charge in [-0.25, -0.2) is 8.42 Å². The maximum atomic E-state index is 12.4. The highest BCUT2D eigenvalue weighted by Gasteiger charge is 2.17. The van der Waals surface area contributed by atoms with Crippen LogP contribution in [0.3, 0.4) is 0 Å². The second-order valence-electron chi connectivity index (χ2n) is 4.97. The Morgan fingerprint density at radius 3 is 2.52 bits per heavy atom. The lowest BCUT2D eigenvalue weighted by atomic mass is 10.1. The van der Waals surface area contributed by atoms with Crippen molar-refractivity contribution in [3.05, 3.63) is 58.4 Å². The topological polar surface area (TPSA) is 59.3 Å². The number of halogens is 1. The van der Waals surface area contributed by atoms with E-state index in [1.54, 1.807) is 24.3 Å². The zero-order valence-electron chi connectivity index (χ0n) is 11.6. The van der Waals surface area contributed by atoms with E-state index < -0.39 is 10.0 Å². The molecule has 2 aromatic heterocycles. The second-order valence-corrected chi connectivity index (χ2v) is 9.35. The summed E-state index contributed by atoms with van der Waals surface area (Å²) in [7, 11) is -3.59. The molecule has 0 saturated carbocycles. The van der Waals surface area contributed by atoms with E-state index in [0.717, 1.165) is 31.5 Å². The molecule has 2 heterocycles. The molecule has 23 heavy (non-hydrogen) atoms. The molecule has 0 radical (unpaired) electrons. The lowest BCUT2D eigenvalue weighted by molar-refractivity contribution is 0.603. The number of fused-ring (bicyclic) bond motifs is 3. The van der Waals surface area contributed by atoms with Gasteiger partial charge >= 0.3 is 0 Å². The molecule has 4 rings (SSSR count). The molecule has 0 fully saturated rings. The molecule has 0 atom stereocenters. The fourth-order valence-corrected chi connectivity index (χ4v) is 5.50. The van der Waals surface area contributed by atoms with E-state index in [1.807, 2.05) is 30.3 Å². The van der Waals surface area contributed by atoms with Crippen LogP contribution in [0.4, 0.5) is 5.69 Å². The Kier molecular flexibility index (Phi) is 3.44. The summed E-state index contributed by atoms with van der Waals surface area (Å²) in [5.41, 5.74) is 1.91. The van der Waals surface area contributed by atoms with Crippen molar-refractivity contribution in [2.24, 2.45) is 0 Å². The minimum absolute atomic E-state index is 0.258. The highest BCUT2D eigenvalue weighted by molar-refractivity contribution is 9.11. The average molecular weight is 408 g/mol. The fraction of sp³-hybridized carbons (Fsp3) is 0. The summed E-state index contributed by atoms with van der Waals surface area (Å²) >= 11 is 4.44. The number of hydrogen-bond acceptors (Lipinski definition) is 4. The third kappa shape index (κ3) is 2.65. The molecule has 4 aromatic rings. The summed E-state index contributed by atoms with van der Waals surface area (Å²) in [5.74, 6) is 0. The molecular formula is C16H10BrNO3S2. The number of nitrogens with one attached hydrogen (secondary N) is 1. The van der Waals surface area contributed by atoms with Gasteiger partial charge in [0.05, 0.1) is 9.47 Å². The number of hydrogen-bond donors (Lipinski definition) is 1. The molecule has 0 spiro atoms. The van der Waals surface area contributed by atoms with Gasteiger partial charge in [0.15, 0.2) is 0 Å². The minimum Gasteiger partial charge on any atom is -0.456 e. The van der Waals surface area contributed by atoms with Gasteiger partial charge in [0.25, 0.3) is 10.0 Å². The van der Waals surface area contributed by atoms with Crippen molar-refractivity contribution in [2.45, 2.75) is 4.21 Å². The molecule has 116 valence electrons. The molecule has 0 saturated heterocycles. The van der Waals surface area contributed by atoms with E-state index in [-0.39, 0.29) is 4.21 Å². The predicted molar refractivity (Wildman–Crippen MR) is 96.5 cm³/mol. The quantitative estimate of drug-likeness (QED) is 0.506. The molecule has 0 aliphatic carbocycles. The third-order valence-electron chi connectivity index (χ3n) is 3.44. The second kappa shape index (κ2) is 5.36. The first-order chi connectivity index (χ1) is 11.0. The zero-order chi connectivity index (χ0) is 16.0. The van der Waals surface area contributed by atoms with E-state index in [2.05, 4.69) is 20.7 Å². The highest BCUT2D eigenvalue weighted by Crippen LogP contribution is 2.32. The van der Waals surface area contributed by atoms with Crippen LogP contribution in [0.5, 0.6) is 0 Å². The monoisotopic (exact) mass is 407 g/mol. The molecule has 0 aliphatic heterocycles. The first kappa shape index (κ1) is 14.7. The molecule has 0 bridgehead atoms. The van der Waals surface area contributed by atoms with Crippen molar-refractivity contribution in [1.82, 2.24) is 0 Å². The lowest BCUT2D eigenvalue weighted by Crippen LogP contribution is -2.11. The summed E-state index contributed by atoms with van der Waals surface area (Å²) in [5, 5.41) is 1.97. The van der Waals surface area contributed by atoms with Crippen LogP contribution in [0.25, 0.3) is 21.9 Å². The smallest absolute Gasteiger partial charge is 0.271 e. The molecule has 1 N–H and O–H groups in total. The van der Waals surface area contributed by atoms with Crippen LogP contribution in [-0.2, 0) is 10.0 Å². The van der Waals surface area contributed by atoms with Crippen molar-refractivity contribution >= 4 is 64.9 Å². The first-order valence-corrected chi connectivity index (χ1v) is 9.82. The average Bonchev–Trinajstić information content (AvgIpc) is 3.10. The summed E-state index contributed by atoms with van der Waals surface area (Å²) in [4.78, 5) is 0. The van der Waals surface area contributed by atoms with Gasteiger partial charge in [0, 0.05) is 16.8 Å². The Morgan fingerprint density at radius 1 is 0.957 bits per heavy atom. The summed E-state index contributed by atoms with van der Waals surface area (Å²) < 4.78 is 34.1. The third-order valence-corrected chi connectivity index (χ3v) is 6.94. The number of sulfonamides is 1. The van der Waals surface area contributed by atoms with Gasteiger partial charge in [0.1, 0.15) is 15.4 Å². The first-order valence-electron chi connectivity index (χ1n) is 6.72. The van der Waals surface area contributed by atoms with E-state index in [4.69, 9.17) is 4.42 Å². The van der Waals surface area contributed by atoms with Gasteiger partial charge in [0.2, 0.25) is 0 Å². The van der Waals surface area contributed by atoms with Gasteiger partial charge in [-0.05, 0) is 46.3 Å². The van der Waals surface area contributed by atoms with Crippen molar-refractivity contribution in [2.75, 3.05) is 4.72 Å². The van der Waals surface area contributed by atoms with Crippen LogP contribution in [0.1, 0.15) is 0 Å². The number of thiophene rings is 1. The standard InChI is InChI=1S/C16H10BrNO3S2/c17-15-7-8-16(22-15)23(19,20)18-10-5-6-12-11-3-1-2-4-13(11)21-14(12)9-10/h1-9,18H. The summed E-state index contributed by atoms with van der Waals surface area (Å²) in [6.07, 6.45) is 0. The maximum Gasteiger partial charge on any atom is 0.271 e. The maximum absolute atomic E-state index is 12.4. The Balaban J connectivity index is 1.76. The van der Waals surface area contributed by atoms with E-state index >= 15 is 0 Å². The molecule has 7 heteroatoms. The van der Waals surface area contributed by atoms with Gasteiger partial charge in [-0.3, -0.25) is 4.72 Å². The van der Waals surface area contributed by atoms with Crippen LogP contribution >= 0.6 is 27.3 Å². The molecular weight excluding hydrogens is 398 g/mol.